The summed E-state index contributed by atoms with van der Waals surface area (Å²) in [4.78, 5) is 53.9. The molecule has 0 unspecified atom stereocenters. The van der Waals surface area contributed by atoms with Gasteiger partial charge in [0.15, 0.2) is 0 Å². The zero-order valence-electron chi connectivity index (χ0n) is 22.3. The molecule has 3 aromatic rings. The van der Waals surface area contributed by atoms with Crippen LogP contribution in [0.5, 0.6) is 11.5 Å². The molecule has 2 aliphatic rings. The molecule has 0 saturated carbocycles. The Morgan fingerprint density at radius 2 is 1.63 bits per heavy atom. The molecular formula is C29H23F3N4O6S. The summed E-state index contributed by atoms with van der Waals surface area (Å²) in [5, 5.41) is 10.8. The van der Waals surface area contributed by atoms with E-state index in [2.05, 4.69) is 4.90 Å². The summed E-state index contributed by atoms with van der Waals surface area (Å²) in [7, 11) is 0. The van der Waals surface area contributed by atoms with Crippen LogP contribution in [-0.2, 0) is 15.8 Å². The Morgan fingerprint density at radius 1 is 0.953 bits per heavy atom. The average molecular weight is 613 g/mol. The lowest BCUT2D eigenvalue weighted by Gasteiger charge is -2.36. The van der Waals surface area contributed by atoms with Gasteiger partial charge in [0.25, 0.3) is 11.1 Å². The number of thioether (sulfide) groups is 1. The monoisotopic (exact) mass is 612 g/mol. The van der Waals surface area contributed by atoms with E-state index in [1.165, 1.54) is 24.3 Å². The highest BCUT2D eigenvalue weighted by Crippen LogP contribution is 2.40. The van der Waals surface area contributed by atoms with Gasteiger partial charge in [-0.2, -0.15) is 13.2 Å². The van der Waals surface area contributed by atoms with Crippen molar-refractivity contribution in [2.24, 2.45) is 0 Å². The Bertz CT molecular complexity index is 1610. The highest BCUT2D eigenvalue weighted by atomic mass is 32.2. The quantitative estimate of drug-likeness (QED) is 0.187. The van der Waals surface area contributed by atoms with Crippen molar-refractivity contribution < 1.29 is 37.2 Å². The third-order valence-corrected chi connectivity index (χ3v) is 7.74. The molecule has 3 amide bonds. The van der Waals surface area contributed by atoms with Gasteiger partial charge < -0.3 is 14.5 Å². The van der Waals surface area contributed by atoms with Crippen molar-refractivity contribution in [1.29, 1.82) is 0 Å². The molecule has 10 nitrogen and oxygen atoms in total. The number of halogens is 3. The van der Waals surface area contributed by atoms with Crippen molar-refractivity contribution in [3.63, 3.8) is 0 Å². The predicted molar refractivity (Wildman–Crippen MR) is 153 cm³/mol. The lowest BCUT2D eigenvalue weighted by Crippen LogP contribution is -2.51. The molecule has 5 rings (SSSR count). The van der Waals surface area contributed by atoms with Crippen LogP contribution in [0, 0.1) is 10.1 Å². The van der Waals surface area contributed by atoms with Gasteiger partial charge in [-0.3, -0.25) is 29.4 Å². The molecule has 0 N–H and O–H groups in total. The number of para-hydroxylation sites is 2. The molecule has 14 heteroatoms. The van der Waals surface area contributed by atoms with E-state index in [0.717, 1.165) is 16.7 Å². The SMILES string of the molecule is O=C(CN1C(=O)S/C(=C/c2ccccc2Oc2ccc(C(F)(F)F)cc2[N+](=O)[O-])C1=O)N1CCN(c2ccccc2)CC1. The van der Waals surface area contributed by atoms with Crippen molar-refractivity contribution in [2.75, 3.05) is 37.6 Å². The average Bonchev–Trinajstić information content (AvgIpc) is 3.25. The van der Waals surface area contributed by atoms with Crippen molar-refractivity contribution in [3.8, 4) is 11.5 Å². The molecule has 0 spiro atoms. The number of nitro benzene ring substituents is 1. The van der Waals surface area contributed by atoms with Crippen LogP contribution < -0.4 is 9.64 Å². The van der Waals surface area contributed by atoms with Crippen LogP contribution in [0.1, 0.15) is 11.1 Å². The number of carbonyl (C=O) groups is 3. The van der Waals surface area contributed by atoms with Crippen LogP contribution in [0.15, 0.2) is 77.7 Å². The Hall–Kier alpha value is -4.85. The standard InChI is InChI=1S/C29H23F3N4O6S/c30-29(31,32)20-10-11-24(22(17-20)36(40)41)42-23-9-5-4-6-19(23)16-25-27(38)35(28(39)43-25)18-26(37)34-14-12-33(13-15-34)21-7-2-1-3-8-21/h1-11,16-17H,12-15,18H2/b25-16+. The maximum Gasteiger partial charge on any atom is 0.416 e. The number of nitrogens with zero attached hydrogens (tertiary/aromatic N) is 4. The van der Waals surface area contributed by atoms with E-state index in [4.69, 9.17) is 4.74 Å². The molecule has 0 bridgehead atoms. The normalized spacial score (nSPS) is 16.6. The van der Waals surface area contributed by atoms with Crippen LogP contribution in [0.4, 0.5) is 29.3 Å². The number of anilines is 1. The van der Waals surface area contributed by atoms with E-state index in [-0.39, 0.29) is 22.1 Å². The minimum atomic E-state index is -4.79. The Kier molecular flexibility index (Phi) is 8.39. The van der Waals surface area contributed by atoms with E-state index in [1.54, 1.807) is 11.0 Å². The molecule has 0 aliphatic carbocycles. The van der Waals surface area contributed by atoms with Gasteiger partial charge >= 0.3 is 11.9 Å². The molecule has 2 aliphatic heterocycles. The second kappa shape index (κ2) is 12.2. The fraction of sp³-hybridized carbons (Fsp3) is 0.207. The number of carbonyl (C=O) groups excluding carboxylic acids is 3. The van der Waals surface area contributed by atoms with E-state index >= 15 is 0 Å². The number of nitro groups is 1. The molecule has 222 valence electrons. The smallest absolute Gasteiger partial charge is 0.416 e. The first-order valence-electron chi connectivity index (χ1n) is 13.0. The molecule has 0 aromatic heterocycles. The zero-order chi connectivity index (χ0) is 30.7. The summed E-state index contributed by atoms with van der Waals surface area (Å²) in [6, 6.07) is 17.7. The van der Waals surface area contributed by atoms with Gasteiger partial charge in [0.1, 0.15) is 12.3 Å². The third-order valence-electron chi connectivity index (χ3n) is 6.83. The first kappa shape index (κ1) is 29.6. The van der Waals surface area contributed by atoms with Crippen molar-refractivity contribution in [1.82, 2.24) is 9.80 Å². The van der Waals surface area contributed by atoms with Crippen LogP contribution in [0.3, 0.4) is 0 Å². The number of hydrogen-bond donors (Lipinski definition) is 0. The zero-order valence-corrected chi connectivity index (χ0v) is 23.1. The molecule has 2 fully saturated rings. The van der Waals surface area contributed by atoms with Gasteiger partial charge in [0.2, 0.25) is 11.7 Å². The highest BCUT2D eigenvalue weighted by molar-refractivity contribution is 8.18. The van der Waals surface area contributed by atoms with Crippen molar-refractivity contribution in [3.05, 3.63) is 98.9 Å². The fourth-order valence-corrected chi connectivity index (χ4v) is 5.43. The van der Waals surface area contributed by atoms with Crippen molar-refractivity contribution in [2.45, 2.75) is 6.18 Å². The summed E-state index contributed by atoms with van der Waals surface area (Å²) in [5.41, 5.74) is -0.817. The van der Waals surface area contributed by atoms with E-state index < -0.39 is 45.8 Å². The maximum absolute atomic E-state index is 13.1. The number of amides is 3. The van der Waals surface area contributed by atoms with Gasteiger partial charge in [-0.1, -0.05) is 36.4 Å². The number of imide groups is 1. The largest absolute Gasteiger partial charge is 0.449 e. The van der Waals surface area contributed by atoms with E-state index in [0.29, 0.717) is 50.1 Å². The number of piperazine rings is 1. The van der Waals surface area contributed by atoms with Crippen molar-refractivity contribution >= 4 is 46.3 Å². The summed E-state index contributed by atoms with van der Waals surface area (Å²) in [6.07, 6.45) is -3.46. The fourth-order valence-electron chi connectivity index (χ4n) is 4.60. The van der Waals surface area contributed by atoms with Crippen LogP contribution in [0.2, 0.25) is 0 Å². The van der Waals surface area contributed by atoms with Gasteiger partial charge in [0, 0.05) is 43.5 Å². The van der Waals surface area contributed by atoms with Crippen LogP contribution >= 0.6 is 11.8 Å². The summed E-state index contributed by atoms with van der Waals surface area (Å²) >= 11 is 0.621. The van der Waals surface area contributed by atoms with Gasteiger partial charge in [-0.25, -0.2) is 0 Å². The van der Waals surface area contributed by atoms with Crippen LogP contribution in [-0.4, -0.2) is 64.5 Å². The summed E-state index contributed by atoms with van der Waals surface area (Å²) < 4.78 is 44.9. The van der Waals surface area contributed by atoms with E-state index in [9.17, 15) is 37.7 Å². The maximum atomic E-state index is 13.1. The van der Waals surface area contributed by atoms with Crippen LogP contribution in [0.25, 0.3) is 6.08 Å². The van der Waals surface area contributed by atoms with E-state index in [1.807, 2.05) is 30.3 Å². The summed E-state index contributed by atoms with van der Waals surface area (Å²) in [6.45, 7) is 1.64. The van der Waals surface area contributed by atoms with Gasteiger partial charge in [-0.05, 0) is 48.2 Å². The Balaban J connectivity index is 1.28. The first-order valence-corrected chi connectivity index (χ1v) is 13.8. The molecule has 0 atom stereocenters. The number of benzene rings is 3. The second-order valence-corrected chi connectivity index (χ2v) is 10.5. The Morgan fingerprint density at radius 3 is 2.30 bits per heavy atom. The first-order chi connectivity index (χ1) is 20.5. The number of hydrogen-bond acceptors (Lipinski definition) is 8. The number of alkyl halides is 3. The molecule has 2 saturated heterocycles. The lowest BCUT2D eigenvalue weighted by molar-refractivity contribution is -0.385. The lowest BCUT2D eigenvalue weighted by atomic mass is 10.1. The molecular weight excluding hydrogens is 589 g/mol. The Labute approximate surface area is 247 Å². The van der Waals surface area contributed by atoms with Gasteiger partial charge in [-0.15, -0.1) is 0 Å². The number of rotatable bonds is 7. The molecule has 43 heavy (non-hydrogen) atoms. The summed E-state index contributed by atoms with van der Waals surface area (Å²) in [5.74, 6) is -1.49. The molecule has 2 heterocycles. The molecule has 3 aromatic carbocycles. The highest BCUT2D eigenvalue weighted by Gasteiger charge is 2.38. The molecule has 0 radical (unpaired) electrons. The minimum Gasteiger partial charge on any atom is -0.449 e. The topological polar surface area (TPSA) is 113 Å². The minimum absolute atomic E-state index is 0.00419. The van der Waals surface area contributed by atoms with Gasteiger partial charge in [0.05, 0.1) is 15.4 Å². The number of ether oxygens (including phenoxy) is 1. The second-order valence-electron chi connectivity index (χ2n) is 9.55. The third kappa shape index (κ3) is 6.64. The predicted octanol–water partition coefficient (Wildman–Crippen LogP) is 5.79.